The minimum Gasteiger partial charge on any atom is -0.383 e. The fourth-order valence-electron chi connectivity index (χ4n) is 3.05. The van der Waals surface area contributed by atoms with E-state index in [1.54, 1.807) is 0 Å². The van der Waals surface area contributed by atoms with Crippen LogP contribution in [0.25, 0.3) is 0 Å². The number of anilines is 2. The Hall–Kier alpha value is -1.32. The van der Waals surface area contributed by atoms with E-state index in [-0.39, 0.29) is 0 Å². The van der Waals surface area contributed by atoms with E-state index >= 15 is 0 Å². The number of aromatic nitrogens is 2. The van der Waals surface area contributed by atoms with Gasteiger partial charge in [0, 0.05) is 24.6 Å². The lowest BCUT2D eigenvalue weighted by Crippen LogP contribution is -2.34. The van der Waals surface area contributed by atoms with Crippen molar-refractivity contribution in [2.45, 2.75) is 63.8 Å². The lowest BCUT2D eigenvalue weighted by molar-refractivity contribution is 0.425. The summed E-state index contributed by atoms with van der Waals surface area (Å²) in [6, 6.07) is 0.619. The average Bonchev–Trinajstić information content (AvgIpc) is 3.26. The SMILES string of the molecule is Cc1c(N)nc(C2CC2)nc1N(C)C1CCCCC1. The third kappa shape index (κ3) is 2.53. The molecule has 3 rings (SSSR count). The number of nitrogens with zero attached hydrogens (tertiary/aromatic N) is 3. The van der Waals surface area contributed by atoms with Gasteiger partial charge in [-0.05, 0) is 32.6 Å². The van der Waals surface area contributed by atoms with Crippen LogP contribution < -0.4 is 10.6 Å². The molecule has 2 aliphatic rings. The van der Waals surface area contributed by atoms with E-state index in [2.05, 4.69) is 16.9 Å². The third-order valence-electron chi connectivity index (χ3n) is 4.57. The van der Waals surface area contributed by atoms with Gasteiger partial charge in [-0.3, -0.25) is 0 Å². The summed E-state index contributed by atoms with van der Waals surface area (Å²) in [5.41, 5.74) is 7.12. The second-order valence-electron chi connectivity index (χ2n) is 6.09. The molecule has 0 atom stereocenters. The van der Waals surface area contributed by atoms with Crippen LogP contribution in [-0.4, -0.2) is 23.1 Å². The van der Waals surface area contributed by atoms with Crippen molar-refractivity contribution >= 4 is 11.6 Å². The Labute approximate surface area is 115 Å². The number of hydrogen-bond acceptors (Lipinski definition) is 4. The van der Waals surface area contributed by atoms with E-state index in [0.29, 0.717) is 17.8 Å². The van der Waals surface area contributed by atoms with Crippen LogP contribution in [0.1, 0.15) is 62.3 Å². The molecule has 0 saturated heterocycles. The maximum atomic E-state index is 6.08. The zero-order chi connectivity index (χ0) is 13.4. The molecule has 0 aromatic carbocycles. The van der Waals surface area contributed by atoms with Gasteiger partial charge in [-0.25, -0.2) is 9.97 Å². The van der Waals surface area contributed by atoms with E-state index in [0.717, 1.165) is 17.2 Å². The molecule has 0 unspecified atom stereocenters. The Morgan fingerprint density at radius 1 is 1.05 bits per heavy atom. The van der Waals surface area contributed by atoms with Gasteiger partial charge < -0.3 is 10.6 Å². The summed E-state index contributed by atoms with van der Waals surface area (Å²) in [7, 11) is 2.17. The Kier molecular flexibility index (Phi) is 3.33. The van der Waals surface area contributed by atoms with Crippen LogP contribution in [0.2, 0.25) is 0 Å². The van der Waals surface area contributed by atoms with Crippen molar-refractivity contribution in [1.29, 1.82) is 0 Å². The first kappa shape index (κ1) is 12.7. The van der Waals surface area contributed by atoms with Crippen LogP contribution >= 0.6 is 0 Å². The standard InChI is InChI=1S/C15H24N4/c1-10-13(16)17-14(11-8-9-11)18-15(10)19(2)12-6-4-3-5-7-12/h11-12H,3-9H2,1-2H3,(H2,16,17,18). The van der Waals surface area contributed by atoms with Crippen molar-refractivity contribution in [3.05, 3.63) is 11.4 Å². The van der Waals surface area contributed by atoms with E-state index in [1.807, 2.05) is 6.92 Å². The van der Waals surface area contributed by atoms with Crippen LogP contribution in [0.4, 0.5) is 11.6 Å². The Balaban J connectivity index is 1.89. The minimum atomic E-state index is 0.557. The normalized spacial score (nSPS) is 20.5. The summed E-state index contributed by atoms with van der Waals surface area (Å²) in [6.45, 7) is 2.04. The van der Waals surface area contributed by atoms with Gasteiger partial charge in [0.05, 0.1) is 0 Å². The highest BCUT2D eigenvalue weighted by molar-refractivity contribution is 5.57. The monoisotopic (exact) mass is 260 g/mol. The molecule has 2 saturated carbocycles. The summed E-state index contributed by atoms with van der Waals surface area (Å²) in [4.78, 5) is 11.6. The quantitative estimate of drug-likeness (QED) is 0.907. The van der Waals surface area contributed by atoms with Crippen molar-refractivity contribution in [1.82, 2.24) is 9.97 Å². The molecular weight excluding hydrogens is 236 g/mol. The number of rotatable bonds is 3. The van der Waals surface area contributed by atoms with E-state index in [1.165, 1.54) is 44.9 Å². The number of nitrogens with two attached hydrogens (primary N) is 1. The van der Waals surface area contributed by atoms with E-state index in [9.17, 15) is 0 Å². The van der Waals surface area contributed by atoms with Gasteiger partial charge in [-0.15, -0.1) is 0 Å². The summed E-state index contributed by atoms with van der Waals surface area (Å²) in [5, 5.41) is 0. The van der Waals surface area contributed by atoms with Crippen LogP contribution in [0, 0.1) is 6.92 Å². The molecule has 4 nitrogen and oxygen atoms in total. The molecule has 2 N–H and O–H groups in total. The molecule has 0 aliphatic heterocycles. The van der Waals surface area contributed by atoms with E-state index < -0.39 is 0 Å². The fraction of sp³-hybridized carbons (Fsp3) is 0.733. The predicted octanol–water partition coefficient (Wildman–Crippen LogP) is 3.01. The zero-order valence-corrected chi connectivity index (χ0v) is 12.0. The van der Waals surface area contributed by atoms with Crippen LogP contribution in [0.5, 0.6) is 0 Å². The molecule has 1 aromatic rings. The molecule has 0 radical (unpaired) electrons. The van der Waals surface area contributed by atoms with Crippen molar-refractivity contribution < 1.29 is 0 Å². The number of hydrogen-bond donors (Lipinski definition) is 1. The Bertz CT molecular complexity index is 461. The molecule has 1 aromatic heterocycles. The lowest BCUT2D eigenvalue weighted by atomic mass is 9.94. The highest BCUT2D eigenvalue weighted by Gasteiger charge is 2.29. The molecule has 2 fully saturated rings. The second kappa shape index (κ2) is 4.99. The molecule has 0 bridgehead atoms. The Morgan fingerprint density at radius 2 is 1.74 bits per heavy atom. The summed E-state index contributed by atoms with van der Waals surface area (Å²) in [5.74, 6) is 3.23. The first-order valence-electron chi connectivity index (χ1n) is 7.53. The summed E-state index contributed by atoms with van der Waals surface area (Å²) >= 11 is 0. The van der Waals surface area contributed by atoms with Gasteiger partial charge in [-0.2, -0.15) is 0 Å². The molecule has 0 amide bonds. The van der Waals surface area contributed by atoms with Crippen LogP contribution in [-0.2, 0) is 0 Å². The van der Waals surface area contributed by atoms with Gasteiger partial charge in [-0.1, -0.05) is 19.3 Å². The summed E-state index contributed by atoms with van der Waals surface area (Å²) < 4.78 is 0. The minimum absolute atomic E-state index is 0.557. The van der Waals surface area contributed by atoms with Crippen molar-refractivity contribution in [2.24, 2.45) is 0 Å². The first-order valence-corrected chi connectivity index (χ1v) is 7.53. The third-order valence-corrected chi connectivity index (χ3v) is 4.57. The largest absolute Gasteiger partial charge is 0.383 e. The van der Waals surface area contributed by atoms with Gasteiger partial charge in [0.15, 0.2) is 0 Å². The van der Waals surface area contributed by atoms with Gasteiger partial charge in [0.25, 0.3) is 0 Å². The summed E-state index contributed by atoms with van der Waals surface area (Å²) in [6.07, 6.45) is 9.04. The molecule has 19 heavy (non-hydrogen) atoms. The average molecular weight is 260 g/mol. The molecule has 2 aliphatic carbocycles. The van der Waals surface area contributed by atoms with Gasteiger partial charge in [0.1, 0.15) is 17.5 Å². The van der Waals surface area contributed by atoms with Gasteiger partial charge in [0.2, 0.25) is 0 Å². The zero-order valence-electron chi connectivity index (χ0n) is 12.0. The molecule has 0 spiro atoms. The molecule has 1 heterocycles. The molecular formula is C15H24N4. The molecule has 104 valence electrons. The maximum Gasteiger partial charge on any atom is 0.137 e. The second-order valence-corrected chi connectivity index (χ2v) is 6.09. The van der Waals surface area contributed by atoms with Crippen molar-refractivity contribution in [2.75, 3.05) is 17.7 Å². The smallest absolute Gasteiger partial charge is 0.137 e. The topological polar surface area (TPSA) is 55.0 Å². The van der Waals surface area contributed by atoms with Crippen molar-refractivity contribution in [3.63, 3.8) is 0 Å². The number of nitrogen functional groups attached to an aromatic ring is 1. The highest BCUT2D eigenvalue weighted by Crippen LogP contribution is 2.40. The predicted molar refractivity (Wildman–Crippen MR) is 78.4 cm³/mol. The Morgan fingerprint density at radius 3 is 2.37 bits per heavy atom. The highest BCUT2D eigenvalue weighted by atomic mass is 15.2. The van der Waals surface area contributed by atoms with Crippen LogP contribution in [0.15, 0.2) is 0 Å². The van der Waals surface area contributed by atoms with Crippen molar-refractivity contribution in [3.8, 4) is 0 Å². The lowest BCUT2D eigenvalue weighted by Gasteiger charge is -2.33. The van der Waals surface area contributed by atoms with Crippen LogP contribution in [0.3, 0.4) is 0 Å². The maximum absolute atomic E-state index is 6.08. The fourth-order valence-corrected chi connectivity index (χ4v) is 3.05. The molecule has 4 heteroatoms. The van der Waals surface area contributed by atoms with E-state index in [4.69, 9.17) is 10.7 Å². The first-order chi connectivity index (χ1) is 9.16. The van der Waals surface area contributed by atoms with Gasteiger partial charge >= 0.3 is 0 Å².